The molecule has 7 heteroatoms. The lowest BCUT2D eigenvalue weighted by molar-refractivity contribution is -0.117. The molecule has 2 N–H and O–H groups in total. The molecular formula is C17H25N3O4. The van der Waals surface area contributed by atoms with Crippen molar-refractivity contribution < 1.29 is 19.1 Å². The van der Waals surface area contributed by atoms with Crippen LogP contribution in [0.5, 0.6) is 11.5 Å². The Morgan fingerprint density at radius 2 is 2.00 bits per heavy atom. The second kappa shape index (κ2) is 7.90. The van der Waals surface area contributed by atoms with Crippen molar-refractivity contribution in [2.45, 2.75) is 26.3 Å². The zero-order valence-corrected chi connectivity index (χ0v) is 14.6. The molecule has 0 radical (unpaired) electrons. The molecule has 1 atom stereocenters. The number of ether oxygens (including phenoxy) is 2. The van der Waals surface area contributed by atoms with Crippen LogP contribution in [-0.4, -0.2) is 45.3 Å². The van der Waals surface area contributed by atoms with Gasteiger partial charge in [0.1, 0.15) is 0 Å². The van der Waals surface area contributed by atoms with Gasteiger partial charge in [-0.2, -0.15) is 0 Å². The third kappa shape index (κ3) is 4.31. The average Bonchev–Trinajstić information content (AvgIpc) is 2.92. The molecular weight excluding hydrogens is 310 g/mol. The monoisotopic (exact) mass is 335 g/mol. The number of urea groups is 1. The smallest absolute Gasteiger partial charge is 0.315 e. The summed E-state index contributed by atoms with van der Waals surface area (Å²) < 4.78 is 10.5. The van der Waals surface area contributed by atoms with E-state index >= 15 is 0 Å². The molecule has 1 aromatic carbocycles. The zero-order chi connectivity index (χ0) is 17.7. The van der Waals surface area contributed by atoms with Gasteiger partial charge >= 0.3 is 6.03 Å². The first-order chi connectivity index (χ1) is 11.4. The van der Waals surface area contributed by atoms with E-state index in [1.165, 1.54) is 0 Å². The number of carbonyl (C=O) groups excluding carboxylic acids is 2. The number of nitrogens with one attached hydrogen (secondary N) is 2. The van der Waals surface area contributed by atoms with Gasteiger partial charge in [0, 0.05) is 31.3 Å². The fourth-order valence-corrected chi connectivity index (χ4v) is 2.58. The normalized spacial score (nSPS) is 17.1. The number of methoxy groups -OCH3 is 2. The molecule has 1 aliphatic rings. The number of rotatable bonds is 6. The maximum Gasteiger partial charge on any atom is 0.315 e. The molecule has 24 heavy (non-hydrogen) atoms. The highest BCUT2D eigenvalue weighted by atomic mass is 16.5. The highest BCUT2D eigenvalue weighted by Gasteiger charge is 2.32. The van der Waals surface area contributed by atoms with Gasteiger partial charge in [-0.25, -0.2) is 4.79 Å². The van der Waals surface area contributed by atoms with Gasteiger partial charge in [0.15, 0.2) is 11.5 Å². The fourth-order valence-electron chi connectivity index (χ4n) is 2.58. The van der Waals surface area contributed by atoms with Crippen LogP contribution in [0.4, 0.5) is 10.5 Å². The molecule has 1 aromatic rings. The first-order valence-electron chi connectivity index (χ1n) is 8.01. The lowest BCUT2D eigenvalue weighted by atomic mass is 10.2. The molecule has 0 aromatic heterocycles. The number of hydrogen-bond acceptors (Lipinski definition) is 4. The van der Waals surface area contributed by atoms with E-state index in [9.17, 15) is 9.59 Å². The predicted molar refractivity (Wildman–Crippen MR) is 91.7 cm³/mol. The molecule has 0 spiro atoms. The average molecular weight is 335 g/mol. The van der Waals surface area contributed by atoms with Crippen molar-refractivity contribution in [3.8, 4) is 11.5 Å². The first kappa shape index (κ1) is 17.9. The highest BCUT2D eigenvalue weighted by Crippen LogP contribution is 2.33. The predicted octanol–water partition coefficient (Wildman–Crippen LogP) is 1.76. The Bertz CT molecular complexity index is 603. The van der Waals surface area contributed by atoms with Crippen LogP contribution >= 0.6 is 0 Å². The van der Waals surface area contributed by atoms with Crippen molar-refractivity contribution in [2.75, 3.05) is 32.2 Å². The van der Waals surface area contributed by atoms with Gasteiger partial charge in [-0.1, -0.05) is 13.8 Å². The minimum Gasteiger partial charge on any atom is -0.493 e. The second-order valence-corrected chi connectivity index (χ2v) is 6.19. The van der Waals surface area contributed by atoms with Gasteiger partial charge < -0.3 is 25.0 Å². The van der Waals surface area contributed by atoms with Crippen molar-refractivity contribution in [3.63, 3.8) is 0 Å². The Morgan fingerprint density at radius 3 is 2.62 bits per heavy atom. The van der Waals surface area contributed by atoms with Crippen LogP contribution in [0, 0.1) is 5.92 Å². The van der Waals surface area contributed by atoms with E-state index in [1.807, 2.05) is 13.8 Å². The van der Waals surface area contributed by atoms with Crippen molar-refractivity contribution in [1.82, 2.24) is 10.6 Å². The summed E-state index contributed by atoms with van der Waals surface area (Å²) in [4.78, 5) is 25.8. The lowest BCUT2D eigenvalue weighted by Gasteiger charge is -2.19. The van der Waals surface area contributed by atoms with Crippen LogP contribution in [0.1, 0.15) is 20.3 Å². The Labute approximate surface area is 142 Å². The van der Waals surface area contributed by atoms with Crippen LogP contribution in [0.3, 0.4) is 0 Å². The number of amides is 3. The van der Waals surface area contributed by atoms with Gasteiger partial charge in [0.25, 0.3) is 0 Å². The molecule has 1 saturated heterocycles. The second-order valence-electron chi connectivity index (χ2n) is 6.19. The number of hydrogen-bond donors (Lipinski definition) is 2. The summed E-state index contributed by atoms with van der Waals surface area (Å²) in [6.07, 6.45) is 0.281. The van der Waals surface area contributed by atoms with Crippen LogP contribution in [0.25, 0.3) is 0 Å². The Morgan fingerprint density at radius 1 is 1.29 bits per heavy atom. The summed E-state index contributed by atoms with van der Waals surface area (Å²) in [6, 6.07) is 4.88. The van der Waals surface area contributed by atoms with Crippen LogP contribution in [0.15, 0.2) is 18.2 Å². The van der Waals surface area contributed by atoms with Gasteiger partial charge in [-0.15, -0.1) is 0 Å². The van der Waals surface area contributed by atoms with Gasteiger partial charge in [0.05, 0.1) is 20.3 Å². The Balaban J connectivity index is 2.01. The molecule has 7 nitrogen and oxygen atoms in total. The van der Waals surface area contributed by atoms with Crippen LogP contribution < -0.4 is 25.0 Å². The van der Waals surface area contributed by atoms with E-state index in [4.69, 9.17) is 9.47 Å². The summed E-state index contributed by atoms with van der Waals surface area (Å²) in [5.74, 6) is 1.52. The van der Waals surface area contributed by atoms with E-state index < -0.39 is 0 Å². The van der Waals surface area contributed by atoms with Crippen molar-refractivity contribution in [3.05, 3.63) is 18.2 Å². The lowest BCUT2D eigenvalue weighted by Crippen LogP contribution is -2.44. The molecule has 1 unspecified atom stereocenters. The Kier molecular flexibility index (Phi) is 5.89. The minimum absolute atomic E-state index is 0.0311. The van der Waals surface area contributed by atoms with E-state index in [0.717, 1.165) is 5.69 Å². The third-order valence-electron chi connectivity index (χ3n) is 3.81. The van der Waals surface area contributed by atoms with E-state index in [0.29, 0.717) is 30.5 Å². The summed E-state index contributed by atoms with van der Waals surface area (Å²) in [7, 11) is 3.12. The van der Waals surface area contributed by atoms with Gasteiger partial charge in [-0.05, 0) is 18.1 Å². The fraction of sp³-hybridized carbons (Fsp3) is 0.529. The third-order valence-corrected chi connectivity index (χ3v) is 3.81. The summed E-state index contributed by atoms with van der Waals surface area (Å²) in [6.45, 7) is 5.09. The van der Waals surface area contributed by atoms with Crippen LogP contribution in [-0.2, 0) is 4.79 Å². The number of benzene rings is 1. The van der Waals surface area contributed by atoms with Crippen molar-refractivity contribution in [2.24, 2.45) is 5.92 Å². The van der Waals surface area contributed by atoms with E-state index in [-0.39, 0.29) is 24.4 Å². The SMILES string of the molecule is COc1ccc(N2CC(NC(=O)NCC(C)C)CC2=O)cc1OC. The molecule has 0 saturated carbocycles. The molecule has 2 rings (SSSR count). The standard InChI is InChI=1S/C17H25N3O4/c1-11(2)9-18-17(22)19-12-7-16(21)20(10-12)13-5-6-14(23-3)15(8-13)24-4/h5-6,8,11-12H,7,9-10H2,1-4H3,(H2,18,19,22). The van der Waals surface area contributed by atoms with E-state index in [2.05, 4.69) is 10.6 Å². The highest BCUT2D eigenvalue weighted by molar-refractivity contribution is 5.97. The maximum atomic E-state index is 12.3. The van der Waals surface area contributed by atoms with E-state index in [1.54, 1.807) is 37.3 Å². The number of anilines is 1. The molecule has 1 aliphatic heterocycles. The molecule has 1 fully saturated rings. The summed E-state index contributed by atoms with van der Waals surface area (Å²) in [5, 5.41) is 5.64. The molecule has 3 amide bonds. The molecule has 132 valence electrons. The van der Waals surface area contributed by atoms with Crippen molar-refractivity contribution >= 4 is 17.6 Å². The zero-order valence-electron chi connectivity index (χ0n) is 14.6. The quantitative estimate of drug-likeness (QED) is 0.830. The number of nitrogens with zero attached hydrogens (tertiary/aromatic N) is 1. The molecule has 1 heterocycles. The van der Waals surface area contributed by atoms with Crippen molar-refractivity contribution in [1.29, 1.82) is 0 Å². The summed E-state index contributed by atoms with van der Waals surface area (Å²) >= 11 is 0. The largest absolute Gasteiger partial charge is 0.493 e. The van der Waals surface area contributed by atoms with Crippen LogP contribution in [0.2, 0.25) is 0 Å². The topological polar surface area (TPSA) is 79.9 Å². The number of carbonyl (C=O) groups is 2. The Hall–Kier alpha value is -2.44. The maximum absolute atomic E-state index is 12.3. The first-order valence-corrected chi connectivity index (χ1v) is 8.01. The molecule has 0 bridgehead atoms. The minimum atomic E-state index is -0.240. The summed E-state index contributed by atoms with van der Waals surface area (Å²) in [5.41, 5.74) is 0.726. The molecule has 0 aliphatic carbocycles. The van der Waals surface area contributed by atoms with Gasteiger partial charge in [-0.3, -0.25) is 4.79 Å². The van der Waals surface area contributed by atoms with Gasteiger partial charge in [0.2, 0.25) is 5.91 Å².